The van der Waals surface area contributed by atoms with Crippen LogP contribution in [0.5, 0.6) is 0 Å². The Labute approximate surface area is 143 Å². The summed E-state index contributed by atoms with van der Waals surface area (Å²) in [5.41, 5.74) is 2.18. The molecule has 0 spiro atoms. The molecule has 1 aromatic carbocycles. The number of hydrogen-bond acceptors (Lipinski definition) is 5. The number of piperidine rings is 1. The van der Waals surface area contributed by atoms with Crippen molar-refractivity contribution in [2.24, 2.45) is 5.92 Å². The molecule has 0 aromatic heterocycles. The monoisotopic (exact) mass is 361 g/mol. The maximum absolute atomic E-state index is 11.0. The predicted octanol–water partition coefficient (Wildman–Crippen LogP) is 2.68. The summed E-state index contributed by atoms with van der Waals surface area (Å²) in [6.07, 6.45) is 3.08. The highest BCUT2D eigenvalue weighted by Gasteiger charge is 2.27. The number of nitrogens with one attached hydrogen (secondary N) is 1. The molecule has 0 saturated carbocycles. The number of aryl methyl sites for hydroxylation is 1. The van der Waals surface area contributed by atoms with Crippen molar-refractivity contribution < 1.29 is 17.3 Å². The summed E-state index contributed by atoms with van der Waals surface area (Å²) >= 11 is 6.15. The molecule has 0 aliphatic carbocycles. The summed E-state index contributed by atoms with van der Waals surface area (Å²) in [5, 5.41) is 4.07. The molecular weight excluding hydrogens is 338 g/mol. The first kappa shape index (κ1) is 18.7. The van der Waals surface area contributed by atoms with Gasteiger partial charge >= 0.3 is 0 Å². The molecule has 1 fully saturated rings. The van der Waals surface area contributed by atoms with E-state index in [9.17, 15) is 8.42 Å². The average Bonchev–Trinajstić information content (AvgIpc) is 2.50. The van der Waals surface area contributed by atoms with Crippen LogP contribution in [0.25, 0.3) is 0 Å². The van der Waals surface area contributed by atoms with Gasteiger partial charge in [0.25, 0.3) is 10.1 Å². The van der Waals surface area contributed by atoms with Gasteiger partial charge in [-0.3, -0.25) is 4.18 Å². The minimum absolute atomic E-state index is 0.0229. The molecule has 1 heterocycles. The molecule has 7 heteroatoms. The molecule has 130 valence electrons. The Morgan fingerprint density at radius 2 is 2.17 bits per heavy atom. The lowest BCUT2D eigenvalue weighted by Gasteiger charge is -2.32. The van der Waals surface area contributed by atoms with E-state index in [4.69, 9.17) is 20.5 Å². The van der Waals surface area contributed by atoms with Crippen molar-refractivity contribution in [3.8, 4) is 0 Å². The molecular formula is C16H24ClNO4S. The molecule has 1 aromatic rings. The van der Waals surface area contributed by atoms with Crippen LogP contribution in [0.15, 0.2) is 18.2 Å². The van der Waals surface area contributed by atoms with E-state index in [0.29, 0.717) is 10.9 Å². The zero-order valence-electron chi connectivity index (χ0n) is 13.5. The molecule has 5 nitrogen and oxygen atoms in total. The van der Waals surface area contributed by atoms with Crippen molar-refractivity contribution in [2.75, 3.05) is 32.6 Å². The van der Waals surface area contributed by atoms with Crippen LogP contribution in [0.4, 0.5) is 0 Å². The Morgan fingerprint density at radius 1 is 1.39 bits per heavy atom. The first-order chi connectivity index (χ1) is 10.9. The predicted molar refractivity (Wildman–Crippen MR) is 91.3 cm³/mol. The van der Waals surface area contributed by atoms with Gasteiger partial charge in [-0.1, -0.05) is 17.7 Å². The van der Waals surface area contributed by atoms with E-state index < -0.39 is 10.1 Å². The second kappa shape index (κ2) is 8.44. The molecule has 1 saturated heterocycles. The largest absolute Gasteiger partial charge is 0.371 e. The molecule has 2 rings (SSSR count). The van der Waals surface area contributed by atoms with Crippen LogP contribution in [0, 0.1) is 12.8 Å². The maximum Gasteiger partial charge on any atom is 0.264 e. The van der Waals surface area contributed by atoms with E-state index in [-0.39, 0.29) is 19.3 Å². The molecule has 1 N–H and O–H groups in total. The van der Waals surface area contributed by atoms with Crippen LogP contribution in [0.2, 0.25) is 5.02 Å². The van der Waals surface area contributed by atoms with Crippen LogP contribution in [-0.2, 0) is 19.0 Å². The van der Waals surface area contributed by atoms with Crippen molar-refractivity contribution in [3.63, 3.8) is 0 Å². The molecule has 1 aliphatic heterocycles. The Bertz CT molecular complexity index is 615. The van der Waals surface area contributed by atoms with Crippen LogP contribution in [0.1, 0.15) is 30.1 Å². The van der Waals surface area contributed by atoms with Crippen LogP contribution in [-0.4, -0.2) is 41.0 Å². The van der Waals surface area contributed by atoms with E-state index in [1.54, 1.807) is 0 Å². The van der Waals surface area contributed by atoms with E-state index in [1.807, 2.05) is 25.1 Å². The van der Waals surface area contributed by atoms with Gasteiger partial charge in [-0.2, -0.15) is 8.42 Å². The minimum atomic E-state index is -3.44. The van der Waals surface area contributed by atoms with Crippen molar-refractivity contribution in [2.45, 2.75) is 25.9 Å². The summed E-state index contributed by atoms with van der Waals surface area (Å²) in [6, 6.07) is 5.79. The highest BCUT2D eigenvalue weighted by Crippen LogP contribution is 2.34. The minimum Gasteiger partial charge on any atom is -0.371 e. The first-order valence-corrected chi connectivity index (χ1v) is 9.99. The molecule has 23 heavy (non-hydrogen) atoms. The van der Waals surface area contributed by atoms with Gasteiger partial charge in [0.05, 0.1) is 25.6 Å². The summed E-state index contributed by atoms with van der Waals surface area (Å²) in [7, 11) is -3.44. The first-order valence-electron chi connectivity index (χ1n) is 7.79. The lowest BCUT2D eigenvalue weighted by atomic mass is 9.87. The van der Waals surface area contributed by atoms with Crippen LogP contribution >= 0.6 is 11.6 Å². The van der Waals surface area contributed by atoms with Gasteiger partial charge < -0.3 is 10.1 Å². The molecule has 2 atom stereocenters. The quantitative estimate of drug-likeness (QED) is 0.597. The lowest BCUT2D eigenvalue weighted by molar-refractivity contribution is -0.00934. The topological polar surface area (TPSA) is 64.6 Å². The molecule has 0 amide bonds. The second-order valence-electron chi connectivity index (χ2n) is 5.92. The van der Waals surface area contributed by atoms with Crippen molar-refractivity contribution in [3.05, 3.63) is 34.3 Å². The molecule has 1 unspecified atom stereocenters. The molecule has 0 bridgehead atoms. The Morgan fingerprint density at radius 3 is 2.83 bits per heavy atom. The second-order valence-corrected chi connectivity index (χ2v) is 8.01. The third-order valence-corrected chi connectivity index (χ3v) is 4.82. The van der Waals surface area contributed by atoms with Gasteiger partial charge in [-0.05, 0) is 49.6 Å². The fourth-order valence-electron chi connectivity index (χ4n) is 2.90. The Hall–Kier alpha value is -0.660. The highest BCUT2D eigenvalue weighted by molar-refractivity contribution is 7.85. The van der Waals surface area contributed by atoms with Gasteiger partial charge in [-0.25, -0.2) is 0 Å². The zero-order chi connectivity index (χ0) is 16.9. The summed E-state index contributed by atoms with van der Waals surface area (Å²) in [5.74, 6) is 0.333. The number of rotatable bonds is 7. The maximum atomic E-state index is 11.0. The number of halogens is 1. The summed E-state index contributed by atoms with van der Waals surface area (Å²) in [4.78, 5) is 0. The van der Waals surface area contributed by atoms with E-state index >= 15 is 0 Å². The standard InChI is InChI=1S/C16H24ClNO4S/c1-12-5-6-14(17)10-15(12)16(13-4-3-7-18-11-13)21-8-9-22-23(2,19)20/h5-6,10,13,16,18H,3-4,7-9,11H2,1-2H3/t13?,16-/m1/s1. The van der Waals surface area contributed by atoms with E-state index in [2.05, 4.69) is 5.32 Å². The van der Waals surface area contributed by atoms with E-state index in [1.165, 1.54) is 0 Å². The van der Waals surface area contributed by atoms with Crippen LogP contribution < -0.4 is 5.32 Å². The lowest BCUT2D eigenvalue weighted by Crippen LogP contribution is -2.34. The van der Waals surface area contributed by atoms with Gasteiger partial charge in [0.2, 0.25) is 0 Å². The zero-order valence-corrected chi connectivity index (χ0v) is 15.1. The van der Waals surface area contributed by atoms with Gasteiger partial charge in [0, 0.05) is 17.5 Å². The third kappa shape index (κ3) is 6.04. The van der Waals surface area contributed by atoms with Crippen molar-refractivity contribution in [1.82, 2.24) is 5.32 Å². The smallest absolute Gasteiger partial charge is 0.264 e. The summed E-state index contributed by atoms with van der Waals surface area (Å²) in [6.45, 7) is 4.18. The van der Waals surface area contributed by atoms with Gasteiger partial charge in [0.1, 0.15) is 0 Å². The molecule has 0 radical (unpaired) electrons. The van der Waals surface area contributed by atoms with E-state index in [0.717, 1.165) is 43.3 Å². The number of hydrogen-bond donors (Lipinski definition) is 1. The fourth-order valence-corrected chi connectivity index (χ4v) is 3.45. The highest BCUT2D eigenvalue weighted by atomic mass is 35.5. The number of benzene rings is 1. The van der Waals surface area contributed by atoms with Crippen molar-refractivity contribution in [1.29, 1.82) is 0 Å². The Balaban J connectivity index is 2.09. The number of ether oxygens (including phenoxy) is 1. The molecule has 1 aliphatic rings. The third-order valence-electron chi connectivity index (χ3n) is 3.99. The average molecular weight is 362 g/mol. The SMILES string of the molecule is Cc1ccc(Cl)cc1[C@H](OCCOS(C)(=O)=O)C1CCCNC1. The Kier molecular flexibility index (Phi) is 6.85. The normalized spacial score (nSPS) is 20.4. The van der Waals surface area contributed by atoms with Crippen molar-refractivity contribution >= 4 is 21.7 Å². The van der Waals surface area contributed by atoms with Gasteiger partial charge in [-0.15, -0.1) is 0 Å². The fraction of sp³-hybridized carbons (Fsp3) is 0.625. The summed E-state index contributed by atoms with van der Waals surface area (Å²) < 4.78 is 32.9. The van der Waals surface area contributed by atoms with Crippen LogP contribution in [0.3, 0.4) is 0 Å². The van der Waals surface area contributed by atoms with Gasteiger partial charge in [0.15, 0.2) is 0 Å².